The molecule has 0 atom stereocenters. The Balaban J connectivity index is 1.50. The van der Waals surface area contributed by atoms with E-state index in [9.17, 15) is 0 Å². The van der Waals surface area contributed by atoms with Gasteiger partial charge in [0.15, 0.2) is 5.82 Å². The fourth-order valence-corrected chi connectivity index (χ4v) is 3.39. The molecule has 1 fully saturated rings. The van der Waals surface area contributed by atoms with Crippen molar-refractivity contribution < 1.29 is 9.63 Å². The Kier molecular flexibility index (Phi) is 5.91. The lowest BCUT2D eigenvalue weighted by Crippen LogP contribution is -2.25. The normalized spacial score (nSPS) is 20.4. The lowest BCUT2D eigenvalue weighted by atomic mass is 9.86. The number of aromatic nitrogens is 2. The predicted octanol–water partition coefficient (Wildman–Crippen LogP) is 3.20. The van der Waals surface area contributed by atoms with Crippen molar-refractivity contribution in [3.05, 3.63) is 36.0 Å². The van der Waals surface area contributed by atoms with Gasteiger partial charge < -0.3 is 19.8 Å². The van der Waals surface area contributed by atoms with Crippen LogP contribution in [0, 0.1) is 0 Å². The van der Waals surface area contributed by atoms with Crippen LogP contribution in [-0.2, 0) is 6.42 Å². The molecule has 0 spiro atoms. The van der Waals surface area contributed by atoms with E-state index in [2.05, 4.69) is 39.7 Å². The fraction of sp³-hybridized carbons (Fsp3) is 0.579. The largest absolute Gasteiger partial charge is 0.395 e. The van der Waals surface area contributed by atoms with E-state index in [-0.39, 0.29) is 6.61 Å². The average Bonchev–Trinajstić information content (AvgIpc) is 3.12. The van der Waals surface area contributed by atoms with Crippen LogP contribution in [-0.4, -0.2) is 41.5 Å². The number of nitrogens with one attached hydrogen (secondary N) is 1. The molecule has 6 nitrogen and oxygen atoms in total. The molecular weight excluding hydrogens is 316 g/mol. The second-order valence-electron chi connectivity index (χ2n) is 6.79. The number of aryl methyl sites for hydroxylation is 1. The first kappa shape index (κ1) is 17.7. The number of rotatable bonds is 7. The topological polar surface area (TPSA) is 74.4 Å². The van der Waals surface area contributed by atoms with Gasteiger partial charge in [0.1, 0.15) is 0 Å². The predicted molar refractivity (Wildman–Crippen MR) is 99.1 cm³/mol. The van der Waals surface area contributed by atoms with E-state index in [1.807, 2.05) is 18.9 Å². The standard InChI is InChI=1S/C19H28N4O2/c1-3-18-21-19(25-22-18)14-4-6-15(7-5-14)20-16-8-10-17(11-9-16)23(2)12-13-24/h8-11,14-15,20,24H,3-7,12-13H2,1-2H3. The van der Waals surface area contributed by atoms with Gasteiger partial charge in [-0.1, -0.05) is 12.1 Å². The molecule has 25 heavy (non-hydrogen) atoms. The quantitative estimate of drug-likeness (QED) is 0.803. The van der Waals surface area contributed by atoms with Gasteiger partial charge >= 0.3 is 0 Å². The van der Waals surface area contributed by atoms with Crippen molar-refractivity contribution in [2.24, 2.45) is 0 Å². The van der Waals surface area contributed by atoms with Crippen LogP contribution in [0.5, 0.6) is 0 Å². The van der Waals surface area contributed by atoms with Crippen molar-refractivity contribution in [3.63, 3.8) is 0 Å². The fourth-order valence-electron chi connectivity index (χ4n) is 3.39. The molecule has 2 N–H and O–H groups in total. The van der Waals surface area contributed by atoms with Gasteiger partial charge in [0.05, 0.1) is 6.61 Å². The summed E-state index contributed by atoms with van der Waals surface area (Å²) in [6, 6.07) is 8.90. The molecule has 0 amide bonds. The van der Waals surface area contributed by atoms with Crippen molar-refractivity contribution >= 4 is 11.4 Å². The van der Waals surface area contributed by atoms with E-state index in [1.54, 1.807) is 0 Å². The van der Waals surface area contributed by atoms with Gasteiger partial charge in [0, 0.05) is 43.3 Å². The average molecular weight is 344 g/mol. The molecule has 0 bridgehead atoms. The molecule has 3 rings (SSSR count). The third-order valence-electron chi connectivity index (χ3n) is 4.99. The summed E-state index contributed by atoms with van der Waals surface area (Å²) >= 11 is 0. The molecule has 0 saturated heterocycles. The summed E-state index contributed by atoms with van der Waals surface area (Å²) in [7, 11) is 1.99. The Morgan fingerprint density at radius 1 is 1.20 bits per heavy atom. The molecule has 1 aliphatic rings. The summed E-state index contributed by atoms with van der Waals surface area (Å²) in [4.78, 5) is 6.53. The molecule has 1 heterocycles. The van der Waals surface area contributed by atoms with Gasteiger partial charge in [-0.3, -0.25) is 0 Å². The summed E-state index contributed by atoms with van der Waals surface area (Å²) in [5, 5.41) is 16.7. The summed E-state index contributed by atoms with van der Waals surface area (Å²) in [5.41, 5.74) is 2.27. The van der Waals surface area contributed by atoms with Crippen LogP contribution in [0.1, 0.15) is 50.2 Å². The molecular formula is C19H28N4O2. The lowest BCUT2D eigenvalue weighted by Gasteiger charge is -2.28. The van der Waals surface area contributed by atoms with Crippen molar-refractivity contribution in [1.29, 1.82) is 0 Å². The first-order valence-electron chi connectivity index (χ1n) is 9.20. The zero-order valence-corrected chi connectivity index (χ0v) is 15.1. The zero-order valence-electron chi connectivity index (χ0n) is 15.1. The zero-order chi connectivity index (χ0) is 17.6. The highest BCUT2D eigenvalue weighted by Gasteiger charge is 2.26. The highest BCUT2D eigenvalue weighted by Crippen LogP contribution is 2.33. The van der Waals surface area contributed by atoms with Crippen LogP contribution in [0.25, 0.3) is 0 Å². The van der Waals surface area contributed by atoms with E-state index < -0.39 is 0 Å². The Labute approximate surface area is 149 Å². The summed E-state index contributed by atoms with van der Waals surface area (Å²) in [6.45, 7) is 2.86. The molecule has 2 aromatic rings. The van der Waals surface area contributed by atoms with E-state index >= 15 is 0 Å². The SMILES string of the molecule is CCc1noc(C2CCC(Nc3ccc(N(C)CCO)cc3)CC2)n1. The third-order valence-corrected chi connectivity index (χ3v) is 4.99. The van der Waals surface area contributed by atoms with Gasteiger partial charge in [0.25, 0.3) is 0 Å². The first-order valence-corrected chi connectivity index (χ1v) is 9.20. The van der Waals surface area contributed by atoms with Crippen LogP contribution < -0.4 is 10.2 Å². The van der Waals surface area contributed by atoms with Crippen LogP contribution >= 0.6 is 0 Å². The maximum Gasteiger partial charge on any atom is 0.229 e. The van der Waals surface area contributed by atoms with Crippen molar-refractivity contribution in [2.45, 2.75) is 51.0 Å². The van der Waals surface area contributed by atoms with Gasteiger partial charge in [-0.05, 0) is 49.9 Å². The van der Waals surface area contributed by atoms with Crippen molar-refractivity contribution in [1.82, 2.24) is 10.1 Å². The second kappa shape index (κ2) is 8.34. The maximum atomic E-state index is 9.02. The molecule has 1 saturated carbocycles. The Hall–Kier alpha value is -2.08. The molecule has 136 valence electrons. The molecule has 0 radical (unpaired) electrons. The number of nitrogens with zero attached hydrogens (tertiary/aromatic N) is 3. The molecule has 0 aliphatic heterocycles. The number of hydrogen-bond acceptors (Lipinski definition) is 6. The number of hydrogen-bond donors (Lipinski definition) is 2. The molecule has 6 heteroatoms. The highest BCUT2D eigenvalue weighted by atomic mass is 16.5. The van der Waals surface area contributed by atoms with Crippen LogP contribution in [0.4, 0.5) is 11.4 Å². The van der Waals surface area contributed by atoms with Gasteiger partial charge in [-0.15, -0.1) is 0 Å². The monoisotopic (exact) mass is 344 g/mol. The first-order chi connectivity index (χ1) is 12.2. The summed E-state index contributed by atoms with van der Waals surface area (Å²) in [6.07, 6.45) is 5.21. The minimum Gasteiger partial charge on any atom is -0.395 e. The number of benzene rings is 1. The minimum absolute atomic E-state index is 0.166. The van der Waals surface area contributed by atoms with E-state index in [0.29, 0.717) is 18.5 Å². The van der Waals surface area contributed by atoms with E-state index in [1.165, 1.54) is 0 Å². The van der Waals surface area contributed by atoms with Crippen LogP contribution in [0.15, 0.2) is 28.8 Å². The van der Waals surface area contributed by atoms with Crippen LogP contribution in [0.3, 0.4) is 0 Å². The molecule has 1 aromatic heterocycles. The number of aliphatic hydroxyl groups is 1. The molecule has 1 aliphatic carbocycles. The summed E-state index contributed by atoms with van der Waals surface area (Å²) < 4.78 is 5.40. The Morgan fingerprint density at radius 2 is 1.92 bits per heavy atom. The Bertz CT molecular complexity index is 648. The smallest absolute Gasteiger partial charge is 0.229 e. The third kappa shape index (κ3) is 4.51. The minimum atomic E-state index is 0.166. The molecule has 1 aromatic carbocycles. The van der Waals surface area contributed by atoms with Gasteiger partial charge in [-0.25, -0.2) is 0 Å². The van der Waals surface area contributed by atoms with Gasteiger partial charge in [0.2, 0.25) is 5.89 Å². The number of aliphatic hydroxyl groups excluding tert-OH is 1. The van der Waals surface area contributed by atoms with E-state index in [4.69, 9.17) is 9.63 Å². The highest BCUT2D eigenvalue weighted by molar-refractivity contribution is 5.55. The second-order valence-corrected chi connectivity index (χ2v) is 6.79. The maximum absolute atomic E-state index is 9.02. The van der Waals surface area contributed by atoms with Gasteiger partial charge in [-0.2, -0.15) is 4.98 Å². The Morgan fingerprint density at radius 3 is 2.52 bits per heavy atom. The van der Waals surface area contributed by atoms with Crippen molar-refractivity contribution in [2.75, 3.05) is 30.4 Å². The lowest BCUT2D eigenvalue weighted by molar-refractivity contribution is 0.304. The summed E-state index contributed by atoms with van der Waals surface area (Å²) in [5.74, 6) is 2.02. The number of likely N-dealkylation sites (N-methyl/N-ethyl adjacent to an activating group) is 1. The van der Waals surface area contributed by atoms with Crippen molar-refractivity contribution in [3.8, 4) is 0 Å². The van der Waals surface area contributed by atoms with Crippen LogP contribution in [0.2, 0.25) is 0 Å². The number of anilines is 2. The molecule has 0 unspecified atom stereocenters. The van der Waals surface area contributed by atoms with E-state index in [0.717, 1.165) is 55.2 Å².